The average Bonchev–Trinajstić information content (AvgIpc) is 3.06. The van der Waals surface area contributed by atoms with Crippen LogP contribution in [-0.4, -0.2) is 38.4 Å². The van der Waals surface area contributed by atoms with Gasteiger partial charge in [0.15, 0.2) is 0 Å². The highest BCUT2D eigenvalue weighted by Crippen LogP contribution is 2.30. The Morgan fingerprint density at radius 1 is 1.45 bits per heavy atom. The Hall–Kier alpha value is -1.34. The summed E-state index contributed by atoms with van der Waals surface area (Å²) in [5, 5.41) is -0.203. The molecule has 0 aliphatic carbocycles. The van der Waals surface area contributed by atoms with E-state index in [9.17, 15) is 13.2 Å². The molecule has 1 atom stereocenters. The van der Waals surface area contributed by atoms with Gasteiger partial charge in [-0.3, -0.25) is 0 Å². The van der Waals surface area contributed by atoms with Crippen LogP contribution in [0.2, 0.25) is 0 Å². The Morgan fingerprint density at radius 2 is 2.15 bits per heavy atom. The molecule has 0 aromatic carbocycles. The highest BCUT2D eigenvalue weighted by molar-refractivity contribution is 7.89. The maximum atomic E-state index is 12.6. The minimum atomic E-state index is -3.69. The van der Waals surface area contributed by atoms with Gasteiger partial charge in [0.05, 0.1) is 7.11 Å². The molecular weight excluding hydrogens is 282 g/mol. The van der Waals surface area contributed by atoms with Crippen molar-refractivity contribution in [2.45, 2.75) is 37.8 Å². The van der Waals surface area contributed by atoms with Gasteiger partial charge in [-0.1, -0.05) is 13.8 Å². The van der Waals surface area contributed by atoms with Crippen LogP contribution < -0.4 is 0 Å². The van der Waals surface area contributed by atoms with E-state index in [1.165, 1.54) is 23.5 Å². The van der Waals surface area contributed by atoms with Gasteiger partial charge in [-0.05, 0) is 30.9 Å². The van der Waals surface area contributed by atoms with Crippen molar-refractivity contribution < 1.29 is 22.4 Å². The number of hydrogen-bond donors (Lipinski definition) is 0. The van der Waals surface area contributed by atoms with Crippen LogP contribution >= 0.6 is 0 Å². The second-order valence-electron chi connectivity index (χ2n) is 5.18. The largest absolute Gasteiger partial charge is 0.463 e. The molecule has 2 rings (SSSR count). The Labute approximate surface area is 118 Å². The molecule has 0 saturated carbocycles. The standard InChI is InChI=1S/C13H19NO5S/c1-9(2)10-5-4-8-14(10)20(16,17)12-7-6-11(19-12)13(15)18-3/h6-7,9-10H,4-5,8H2,1-3H3/t10-/m1/s1. The van der Waals surface area contributed by atoms with Crippen LogP contribution in [-0.2, 0) is 14.8 Å². The number of nitrogens with zero attached hydrogens (tertiary/aromatic N) is 1. The number of ether oxygens (including phenoxy) is 1. The lowest BCUT2D eigenvalue weighted by Crippen LogP contribution is -2.38. The van der Waals surface area contributed by atoms with Crippen LogP contribution in [0.25, 0.3) is 0 Å². The van der Waals surface area contributed by atoms with Gasteiger partial charge in [-0.25, -0.2) is 13.2 Å². The molecule has 1 fully saturated rings. The van der Waals surface area contributed by atoms with E-state index < -0.39 is 16.0 Å². The van der Waals surface area contributed by atoms with Gasteiger partial charge in [0.25, 0.3) is 10.0 Å². The van der Waals surface area contributed by atoms with Gasteiger partial charge in [-0.15, -0.1) is 0 Å². The third-order valence-corrected chi connectivity index (χ3v) is 5.35. The fourth-order valence-electron chi connectivity index (χ4n) is 2.52. The molecule has 2 heterocycles. The lowest BCUT2D eigenvalue weighted by Gasteiger charge is -2.25. The summed E-state index contributed by atoms with van der Waals surface area (Å²) in [5.41, 5.74) is 0. The minimum Gasteiger partial charge on any atom is -0.463 e. The molecule has 0 radical (unpaired) electrons. The van der Waals surface area contributed by atoms with Gasteiger partial charge in [0.2, 0.25) is 10.9 Å². The smallest absolute Gasteiger partial charge is 0.374 e. The molecule has 6 nitrogen and oxygen atoms in total. The molecule has 1 saturated heterocycles. The van der Waals surface area contributed by atoms with Crippen LogP contribution in [0.4, 0.5) is 0 Å². The van der Waals surface area contributed by atoms with Gasteiger partial charge in [0, 0.05) is 12.6 Å². The van der Waals surface area contributed by atoms with E-state index in [1.54, 1.807) is 0 Å². The van der Waals surface area contributed by atoms with E-state index in [1.807, 2.05) is 13.8 Å². The van der Waals surface area contributed by atoms with Crippen LogP contribution in [0.5, 0.6) is 0 Å². The maximum absolute atomic E-state index is 12.6. The second kappa shape index (κ2) is 5.57. The van der Waals surface area contributed by atoms with Crippen LogP contribution in [0.15, 0.2) is 21.6 Å². The van der Waals surface area contributed by atoms with Crippen LogP contribution in [0, 0.1) is 5.92 Å². The number of furan rings is 1. The number of methoxy groups -OCH3 is 1. The molecule has 1 aromatic rings. The number of esters is 1. The molecule has 0 unspecified atom stereocenters. The summed E-state index contributed by atoms with van der Waals surface area (Å²) in [7, 11) is -2.48. The van der Waals surface area contributed by atoms with E-state index in [-0.39, 0.29) is 22.8 Å². The van der Waals surface area contributed by atoms with Crippen molar-refractivity contribution in [3.63, 3.8) is 0 Å². The molecule has 0 N–H and O–H groups in total. The highest BCUT2D eigenvalue weighted by atomic mass is 32.2. The summed E-state index contributed by atoms with van der Waals surface area (Å²) in [5.74, 6) is -0.554. The SMILES string of the molecule is COC(=O)c1ccc(S(=O)(=O)N2CCC[C@@H]2C(C)C)o1. The zero-order chi connectivity index (χ0) is 14.9. The molecule has 112 valence electrons. The molecule has 1 aliphatic rings. The van der Waals surface area contributed by atoms with Gasteiger partial charge in [-0.2, -0.15) is 4.31 Å². The number of rotatable bonds is 4. The second-order valence-corrected chi connectivity index (χ2v) is 7.00. The topological polar surface area (TPSA) is 76.8 Å². The van der Waals surface area contributed by atoms with Crippen molar-refractivity contribution in [2.24, 2.45) is 5.92 Å². The van der Waals surface area contributed by atoms with E-state index in [2.05, 4.69) is 4.74 Å². The van der Waals surface area contributed by atoms with E-state index >= 15 is 0 Å². The predicted octanol–water partition coefficient (Wildman–Crippen LogP) is 1.88. The van der Waals surface area contributed by atoms with Gasteiger partial charge < -0.3 is 9.15 Å². The van der Waals surface area contributed by atoms with Crippen LogP contribution in [0.3, 0.4) is 0 Å². The molecule has 0 amide bonds. The highest BCUT2D eigenvalue weighted by Gasteiger charge is 2.38. The lowest BCUT2D eigenvalue weighted by molar-refractivity contribution is 0.0558. The molecule has 20 heavy (non-hydrogen) atoms. The predicted molar refractivity (Wildman–Crippen MR) is 71.8 cm³/mol. The molecule has 1 aromatic heterocycles. The first-order valence-electron chi connectivity index (χ1n) is 6.58. The monoisotopic (exact) mass is 301 g/mol. The first-order chi connectivity index (χ1) is 9.37. The molecule has 7 heteroatoms. The van der Waals surface area contributed by atoms with E-state index in [0.29, 0.717) is 6.54 Å². The van der Waals surface area contributed by atoms with Crippen molar-refractivity contribution in [1.82, 2.24) is 4.31 Å². The number of carbonyl (C=O) groups is 1. The number of sulfonamides is 1. The summed E-state index contributed by atoms with van der Waals surface area (Å²) in [6.07, 6.45) is 1.69. The number of hydrogen-bond acceptors (Lipinski definition) is 5. The Kier molecular flexibility index (Phi) is 4.19. The third-order valence-electron chi connectivity index (χ3n) is 3.55. The third kappa shape index (κ3) is 2.60. The molecule has 0 bridgehead atoms. The number of carbonyl (C=O) groups excluding carboxylic acids is 1. The molecule has 0 spiro atoms. The summed E-state index contributed by atoms with van der Waals surface area (Å²) < 4.78 is 36.2. The average molecular weight is 301 g/mol. The maximum Gasteiger partial charge on any atom is 0.374 e. The van der Waals surface area contributed by atoms with Crippen molar-refractivity contribution in [3.05, 3.63) is 17.9 Å². The quantitative estimate of drug-likeness (QED) is 0.794. The molecular formula is C13H19NO5S. The first kappa shape index (κ1) is 15.1. The van der Waals surface area contributed by atoms with Crippen molar-refractivity contribution in [3.8, 4) is 0 Å². The molecule has 1 aliphatic heterocycles. The van der Waals surface area contributed by atoms with Gasteiger partial charge >= 0.3 is 5.97 Å². The first-order valence-corrected chi connectivity index (χ1v) is 8.02. The van der Waals surface area contributed by atoms with Crippen LogP contribution in [0.1, 0.15) is 37.2 Å². The Balaban J connectivity index is 2.30. The van der Waals surface area contributed by atoms with Crippen molar-refractivity contribution in [2.75, 3.05) is 13.7 Å². The minimum absolute atomic E-state index is 0.0216. The summed E-state index contributed by atoms with van der Waals surface area (Å²) >= 11 is 0. The fourth-order valence-corrected chi connectivity index (χ4v) is 4.26. The zero-order valence-electron chi connectivity index (χ0n) is 11.8. The van der Waals surface area contributed by atoms with Crippen molar-refractivity contribution in [1.29, 1.82) is 0 Å². The Bertz CT molecular complexity index is 590. The normalized spacial score (nSPS) is 20.5. The summed E-state index contributed by atoms with van der Waals surface area (Å²) in [6.45, 7) is 4.49. The van der Waals surface area contributed by atoms with E-state index in [0.717, 1.165) is 12.8 Å². The van der Waals surface area contributed by atoms with Crippen molar-refractivity contribution >= 4 is 16.0 Å². The summed E-state index contributed by atoms with van der Waals surface area (Å²) in [6, 6.07) is 2.60. The van der Waals surface area contributed by atoms with E-state index in [4.69, 9.17) is 4.42 Å². The summed E-state index contributed by atoms with van der Waals surface area (Å²) in [4.78, 5) is 11.3. The Morgan fingerprint density at radius 3 is 2.75 bits per heavy atom. The fraction of sp³-hybridized carbons (Fsp3) is 0.615. The zero-order valence-corrected chi connectivity index (χ0v) is 12.6. The lowest BCUT2D eigenvalue weighted by atomic mass is 10.0. The van der Waals surface area contributed by atoms with Gasteiger partial charge in [0.1, 0.15) is 0 Å².